The van der Waals surface area contributed by atoms with E-state index in [1.54, 1.807) is 11.8 Å². The molecule has 0 spiro atoms. The lowest BCUT2D eigenvalue weighted by atomic mass is 10.4. The first kappa shape index (κ1) is 8.83. The first-order valence-corrected chi connectivity index (χ1v) is 4.00. The second kappa shape index (κ2) is 4.68. The summed E-state index contributed by atoms with van der Waals surface area (Å²) in [5, 5.41) is 0. The Morgan fingerprint density at radius 1 is 1.67 bits per heavy atom. The molecule has 0 fully saturated rings. The Hall–Kier alpha value is -0.170. The maximum absolute atomic E-state index is 3.81. The van der Waals surface area contributed by atoms with Crippen LogP contribution in [-0.2, 0) is 0 Å². The van der Waals surface area contributed by atoms with Gasteiger partial charge >= 0.3 is 0 Å². The normalized spacial score (nSPS) is 11.7. The molecule has 0 aliphatic heterocycles. The molecule has 0 aliphatic carbocycles. The molecular weight excluding hydrogens is 128 g/mol. The van der Waals surface area contributed by atoms with Crippen LogP contribution in [0, 0.1) is 0 Å². The molecule has 0 aromatic carbocycles. The van der Waals surface area contributed by atoms with Gasteiger partial charge in [0.15, 0.2) is 0 Å². The van der Waals surface area contributed by atoms with E-state index in [-0.39, 0.29) is 0 Å². The van der Waals surface area contributed by atoms with Gasteiger partial charge in [-0.2, -0.15) is 0 Å². The van der Waals surface area contributed by atoms with E-state index in [0.29, 0.717) is 0 Å². The molecule has 0 amide bonds. The third-order valence-corrected chi connectivity index (χ3v) is 2.11. The minimum atomic E-state index is 1.12. The van der Waals surface area contributed by atoms with Crippen molar-refractivity contribution in [3.05, 3.63) is 22.5 Å². The van der Waals surface area contributed by atoms with Gasteiger partial charge in [0.2, 0.25) is 0 Å². The summed E-state index contributed by atoms with van der Waals surface area (Å²) in [6, 6.07) is 0. The number of hydrogen-bond acceptors (Lipinski definition) is 1. The Labute approximate surface area is 62.0 Å². The van der Waals surface area contributed by atoms with Gasteiger partial charge in [-0.05, 0) is 30.1 Å². The van der Waals surface area contributed by atoms with Crippen LogP contribution in [0.15, 0.2) is 22.5 Å². The van der Waals surface area contributed by atoms with Crippen molar-refractivity contribution in [3.8, 4) is 0 Å². The molecule has 0 bridgehead atoms. The fourth-order valence-corrected chi connectivity index (χ4v) is 1.27. The van der Waals surface area contributed by atoms with Crippen molar-refractivity contribution in [2.24, 2.45) is 0 Å². The zero-order chi connectivity index (χ0) is 7.28. The molecule has 0 saturated carbocycles. The SMILES string of the molecule is C=C(C)S/C(=C\C)CC. The van der Waals surface area contributed by atoms with Crippen LogP contribution in [0.2, 0.25) is 0 Å². The van der Waals surface area contributed by atoms with Crippen molar-refractivity contribution in [3.63, 3.8) is 0 Å². The number of rotatable bonds is 3. The summed E-state index contributed by atoms with van der Waals surface area (Å²) in [4.78, 5) is 2.58. The topological polar surface area (TPSA) is 0 Å². The quantitative estimate of drug-likeness (QED) is 0.580. The van der Waals surface area contributed by atoms with E-state index in [4.69, 9.17) is 0 Å². The van der Waals surface area contributed by atoms with Gasteiger partial charge in [0.1, 0.15) is 0 Å². The van der Waals surface area contributed by atoms with Crippen LogP contribution in [0.4, 0.5) is 0 Å². The highest BCUT2D eigenvalue weighted by atomic mass is 32.2. The van der Waals surface area contributed by atoms with Crippen molar-refractivity contribution in [2.45, 2.75) is 27.2 Å². The molecule has 0 saturated heterocycles. The Balaban J connectivity index is 3.71. The highest BCUT2D eigenvalue weighted by Crippen LogP contribution is 2.25. The number of allylic oxidation sites excluding steroid dienone is 3. The number of hydrogen-bond donors (Lipinski definition) is 0. The van der Waals surface area contributed by atoms with Gasteiger partial charge in [-0.3, -0.25) is 0 Å². The van der Waals surface area contributed by atoms with Gasteiger partial charge in [0.25, 0.3) is 0 Å². The molecule has 0 aliphatic rings. The minimum absolute atomic E-state index is 1.12. The summed E-state index contributed by atoms with van der Waals surface area (Å²) in [7, 11) is 0. The molecule has 1 heteroatoms. The summed E-state index contributed by atoms with van der Waals surface area (Å²) in [6.07, 6.45) is 3.26. The largest absolute Gasteiger partial charge is 0.100 e. The minimum Gasteiger partial charge on any atom is -0.100 e. The van der Waals surface area contributed by atoms with E-state index in [0.717, 1.165) is 6.42 Å². The third kappa shape index (κ3) is 4.34. The molecule has 52 valence electrons. The fraction of sp³-hybridized carbons (Fsp3) is 0.500. The van der Waals surface area contributed by atoms with Crippen LogP contribution in [0.5, 0.6) is 0 Å². The average Bonchev–Trinajstić information content (AvgIpc) is 1.82. The molecule has 0 atom stereocenters. The van der Waals surface area contributed by atoms with Crippen molar-refractivity contribution >= 4 is 11.8 Å². The van der Waals surface area contributed by atoms with E-state index in [2.05, 4.69) is 26.5 Å². The van der Waals surface area contributed by atoms with Crippen LogP contribution < -0.4 is 0 Å². The van der Waals surface area contributed by atoms with Gasteiger partial charge < -0.3 is 0 Å². The molecule has 0 aromatic heterocycles. The van der Waals surface area contributed by atoms with Crippen LogP contribution >= 0.6 is 11.8 Å². The summed E-state index contributed by atoms with van der Waals surface area (Å²) >= 11 is 1.77. The van der Waals surface area contributed by atoms with Gasteiger partial charge in [0, 0.05) is 0 Å². The first-order chi connectivity index (χ1) is 4.20. The molecule has 9 heavy (non-hydrogen) atoms. The van der Waals surface area contributed by atoms with Crippen molar-refractivity contribution in [2.75, 3.05) is 0 Å². The summed E-state index contributed by atoms with van der Waals surface area (Å²) in [5.41, 5.74) is 0. The average molecular weight is 142 g/mol. The first-order valence-electron chi connectivity index (χ1n) is 3.19. The van der Waals surface area contributed by atoms with Crippen molar-refractivity contribution in [1.29, 1.82) is 0 Å². The van der Waals surface area contributed by atoms with E-state index in [1.165, 1.54) is 9.81 Å². The van der Waals surface area contributed by atoms with Gasteiger partial charge in [-0.1, -0.05) is 19.6 Å². The molecule has 0 unspecified atom stereocenters. The monoisotopic (exact) mass is 142 g/mol. The lowest BCUT2D eigenvalue weighted by Gasteiger charge is -2.00. The Morgan fingerprint density at radius 2 is 2.22 bits per heavy atom. The predicted molar refractivity (Wildman–Crippen MR) is 46.5 cm³/mol. The Bertz CT molecular complexity index is 123. The Kier molecular flexibility index (Phi) is 4.60. The summed E-state index contributed by atoms with van der Waals surface area (Å²) in [5.74, 6) is 0. The fourth-order valence-electron chi connectivity index (χ4n) is 0.559. The van der Waals surface area contributed by atoms with Crippen LogP contribution in [0.1, 0.15) is 27.2 Å². The third-order valence-electron chi connectivity index (χ3n) is 0.976. The van der Waals surface area contributed by atoms with Gasteiger partial charge in [0.05, 0.1) is 0 Å². The molecule has 0 heterocycles. The molecule has 0 rings (SSSR count). The van der Waals surface area contributed by atoms with Gasteiger partial charge in [-0.15, -0.1) is 11.8 Å². The van der Waals surface area contributed by atoms with Crippen molar-refractivity contribution < 1.29 is 0 Å². The van der Waals surface area contributed by atoms with Gasteiger partial charge in [-0.25, -0.2) is 0 Å². The van der Waals surface area contributed by atoms with E-state index in [9.17, 15) is 0 Å². The highest BCUT2D eigenvalue weighted by molar-refractivity contribution is 8.06. The number of thioether (sulfide) groups is 1. The maximum Gasteiger partial charge on any atom is -0.0151 e. The smallest absolute Gasteiger partial charge is 0.0151 e. The summed E-state index contributed by atoms with van der Waals surface area (Å²) in [6.45, 7) is 10.1. The molecule has 0 N–H and O–H groups in total. The standard InChI is InChI=1S/C8H14S/c1-5-8(6-2)9-7(3)4/h5H,3,6H2,1-2,4H3/b8-5-. The summed E-state index contributed by atoms with van der Waals surface area (Å²) < 4.78 is 0. The van der Waals surface area contributed by atoms with E-state index >= 15 is 0 Å². The lowest BCUT2D eigenvalue weighted by molar-refractivity contribution is 1.19. The van der Waals surface area contributed by atoms with E-state index in [1.807, 2.05) is 6.92 Å². The zero-order valence-corrected chi connectivity index (χ0v) is 7.22. The van der Waals surface area contributed by atoms with Crippen LogP contribution in [0.3, 0.4) is 0 Å². The second-order valence-corrected chi connectivity index (χ2v) is 3.34. The highest BCUT2D eigenvalue weighted by Gasteiger charge is 1.91. The van der Waals surface area contributed by atoms with Crippen LogP contribution in [-0.4, -0.2) is 0 Å². The molecular formula is C8H14S. The van der Waals surface area contributed by atoms with Crippen molar-refractivity contribution in [1.82, 2.24) is 0 Å². The Morgan fingerprint density at radius 3 is 2.33 bits per heavy atom. The molecule has 0 aromatic rings. The lowest BCUT2D eigenvalue weighted by Crippen LogP contribution is -1.70. The molecule has 0 radical (unpaired) electrons. The second-order valence-electron chi connectivity index (χ2n) is 1.91. The van der Waals surface area contributed by atoms with Crippen LogP contribution in [0.25, 0.3) is 0 Å². The predicted octanol–water partition coefficient (Wildman–Crippen LogP) is 3.57. The molecule has 0 nitrogen and oxygen atoms in total. The maximum atomic E-state index is 3.81. The van der Waals surface area contributed by atoms with E-state index < -0.39 is 0 Å². The zero-order valence-electron chi connectivity index (χ0n) is 6.40.